The summed E-state index contributed by atoms with van der Waals surface area (Å²) in [7, 11) is 0. The Kier molecular flexibility index (Phi) is 5.03. The van der Waals surface area contributed by atoms with Crippen molar-refractivity contribution >= 4 is 29.4 Å². The molecule has 0 unspecified atom stereocenters. The predicted molar refractivity (Wildman–Crippen MR) is 80.2 cm³/mol. The zero-order valence-corrected chi connectivity index (χ0v) is 12.7. The van der Waals surface area contributed by atoms with Crippen LogP contribution in [0.5, 0.6) is 0 Å². The summed E-state index contributed by atoms with van der Waals surface area (Å²) in [5.74, 6) is -1.95. The highest BCUT2D eigenvalue weighted by Crippen LogP contribution is 2.41. The highest BCUT2D eigenvalue weighted by molar-refractivity contribution is 6.30. The van der Waals surface area contributed by atoms with Gasteiger partial charge in [-0.15, -0.1) is 0 Å². The zero-order valence-electron chi connectivity index (χ0n) is 11.9. The van der Waals surface area contributed by atoms with Crippen molar-refractivity contribution < 1.29 is 19.5 Å². The minimum atomic E-state index is -1.00. The van der Waals surface area contributed by atoms with Crippen LogP contribution in [0.1, 0.15) is 42.5 Å². The molecule has 0 spiro atoms. The monoisotopic (exact) mass is 324 g/mol. The molecule has 22 heavy (non-hydrogen) atoms. The van der Waals surface area contributed by atoms with Crippen molar-refractivity contribution in [3.8, 4) is 0 Å². The Morgan fingerprint density at radius 1 is 1.09 bits per heavy atom. The molecule has 7 heteroatoms. The Labute approximate surface area is 132 Å². The van der Waals surface area contributed by atoms with Crippen molar-refractivity contribution in [2.75, 3.05) is 0 Å². The molecule has 1 aromatic carbocycles. The number of carbonyl (C=O) groups excluding carboxylic acids is 2. The maximum Gasteiger partial charge on any atom is 0.310 e. The van der Waals surface area contributed by atoms with E-state index in [4.69, 9.17) is 11.6 Å². The Balaban J connectivity index is 1.88. The van der Waals surface area contributed by atoms with Gasteiger partial charge in [0, 0.05) is 17.0 Å². The molecule has 1 aliphatic rings. The summed E-state index contributed by atoms with van der Waals surface area (Å²) in [5, 5.41) is 9.82. The van der Waals surface area contributed by atoms with E-state index in [1.807, 2.05) is 0 Å². The van der Waals surface area contributed by atoms with Gasteiger partial charge in [0.05, 0.1) is 5.41 Å². The topological polar surface area (TPSA) is 95.5 Å². The summed E-state index contributed by atoms with van der Waals surface area (Å²) in [6, 6.07) is 6.19. The molecule has 0 bridgehead atoms. The number of halogens is 1. The van der Waals surface area contributed by atoms with Crippen LogP contribution in [0.2, 0.25) is 5.02 Å². The van der Waals surface area contributed by atoms with Gasteiger partial charge in [0.25, 0.3) is 5.91 Å². The number of rotatable bonds is 4. The normalized spacial score (nSPS) is 16.0. The van der Waals surface area contributed by atoms with Gasteiger partial charge in [-0.3, -0.25) is 25.2 Å². The van der Waals surface area contributed by atoms with Crippen LogP contribution in [0, 0.1) is 5.41 Å². The van der Waals surface area contributed by atoms with Crippen molar-refractivity contribution in [3.63, 3.8) is 0 Å². The quantitative estimate of drug-likeness (QED) is 0.739. The SMILES string of the molecule is O=C(CC1(C(=O)O)CCCC1)NNC(=O)c1ccc(Cl)cc1. The molecular formula is C15H17ClN2O4. The van der Waals surface area contributed by atoms with Crippen molar-refractivity contribution in [2.45, 2.75) is 32.1 Å². The Morgan fingerprint density at radius 2 is 1.68 bits per heavy atom. The number of aliphatic carboxylic acids is 1. The highest BCUT2D eigenvalue weighted by Gasteiger charge is 2.43. The van der Waals surface area contributed by atoms with Crippen LogP contribution in [0.15, 0.2) is 24.3 Å². The number of hydrogen-bond acceptors (Lipinski definition) is 3. The number of carboxylic acid groups (broad SMARTS) is 1. The first-order chi connectivity index (χ1) is 10.4. The van der Waals surface area contributed by atoms with E-state index in [0.29, 0.717) is 23.4 Å². The summed E-state index contributed by atoms with van der Waals surface area (Å²) in [6.07, 6.45) is 2.44. The minimum absolute atomic E-state index is 0.136. The van der Waals surface area contributed by atoms with Crippen molar-refractivity contribution in [1.29, 1.82) is 0 Å². The van der Waals surface area contributed by atoms with Gasteiger partial charge < -0.3 is 5.11 Å². The zero-order chi connectivity index (χ0) is 16.2. The van der Waals surface area contributed by atoms with E-state index < -0.39 is 23.2 Å². The van der Waals surface area contributed by atoms with Gasteiger partial charge in [0.15, 0.2) is 0 Å². The molecule has 118 valence electrons. The molecule has 2 amide bonds. The minimum Gasteiger partial charge on any atom is -0.481 e. The van der Waals surface area contributed by atoms with Crippen LogP contribution >= 0.6 is 11.6 Å². The molecule has 3 N–H and O–H groups in total. The second kappa shape index (κ2) is 6.79. The number of carbonyl (C=O) groups is 3. The lowest BCUT2D eigenvalue weighted by Crippen LogP contribution is -2.44. The lowest BCUT2D eigenvalue weighted by atomic mass is 9.82. The first-order valence-corrected chi connectivity index (χ1v) is 7.39. The summed E-state index contributed by atoms with van der Waals surface area (Å²) >= 11 is 5.73. The molecule has 0 radical (unpaired) electrons. The number of amides is 2. The van der Waals surface area contributed by atoms with Gasteiger partial charge in [-0.25, -0.2) is 0 Å². The largest absolute Gasteiger partial charge is 0.481 e. The van der Waals surface area contributed by atoms with Gasteiger partial charge >= 0.3 is 5.97 Å². The molecule has 2 rings (SSSR count). The molecule has 0 aromatic heterocycles. The van der Waals surface area contributed by atoms with Crippen molar-refractivity contribution in [2.24, 2.45) is 5.41 Å². The van der Waals surface area contributed by atoms with Gasteiger partial charge in [0.2, 0.25) is 5.91 Å². The molecule has 0 saturated heterocycles. The lowest BCUT2D eigenvalue weighted by Gasteiger charge is -2.22. The third kappa shape index (κ3) is 3.76. The number of nitrogens with one attached hydrogen (secondary N) is 2. The first-order valence-electron chi connectivity index (χ1n) is 7.01. The average molecular weight is 325 g/mol. The Morgan fingerprint density at radius 3 is 2.23 bits per heavy atom. The second-order valence-electron chi connectivity index (χ2n) is 5.48. The smallest absolute Gasteiger partial charge is 0.310 e. The van der Waals surface area contributed by atoms with Gasteiger partial charge in [0.1, 0.15) is 0 Å². The lowest BCUT2D eigenvalue weighted by molar-refractivity contribution is -0.151. The number of carboxylic acids is 1. The van der Waals surface area contributed by atoms with Crippen molar-refractivity contribution in [1.82, 2.24) is 10.9 Å². The van der Waals surface area contributed by atoms with E-state index in [-0.39, 0.29) is 6.42 Å². The maximum atomic E-state index is 11.9. The van der Waals surface area contributed by atoms with Crippen LogP contribution in [0.4, 0.5) is 0 Å². The number of hydrazine groups is 1. The first kappa shape index (κ1) is 16.3. The van der Waals surface area contributed by atoms with Crippen LogP contribution in [-0.4, -0.2) is 22.9 Å². The molecule has 1 aliphatic carbocycles. The molecule has 1 fully saturated rings. The molecular weight excluding hydrogens is 308 g/mol. The second-order valence-corrected chi connectivity index (χ2v) is 5.91. The van der Waals surface area contributed by atoms with E-state index in [0.717, 1.165) is 12.8 Å². The number of benzene rings is 1. The molecule has 6 nitrogen and oxygen atoms in total. The van der Waals surface area contributed by atoms with Gasteiger partial charge in [-0.05, 0) is 37.1 Å². The van der Waals surface area contributed by atoms with Crippen LogP contribution < -0.4 is 10.9 Å². The Bertz CT molecular complexity index is 580. The van der Waals surface area contributed by atoms with Crippen LogP contribution in [0.25, 0.3) is 0 Å². The van der Waals surface area contributed by atoms with E-state index in [2.05, 4.69) is 10.9 Å². The fourth-order valence-electron chi connectivity index (χ4n) is 2.67. The predicted octanol–water partition coefficient (Wildman–Crippen LogP) is 2.14. The van der Waals surface area contributed by atoms with Gasteiger partial charge in [-0.2, -0.15) is 0 Å². The van der Waals surface area contributed by atoms with Crippen LogP contribution in [-0.2, 0) is 9.59 Å². The fourth-order valence-corrected chi connectivity index (χ4v) is 2.80. The highest BCUT2D eigenvalue weighted by atomic mass is 35.5. The summed E-state index contributed by atoms with van der Waals surface area (Å²) in [6.45, 7) is 0. The fraction of sp³-hybridized carbons (Fsp3) is 0.400. The van der Waals surface area contributed by atoms with Crippen LogP contribution in [0.3, 0.4) is 0 Å². The molecule has 1 aromatic rings. The van der Waals surface area contributed by atoms with E-state index in [1.54, 1.807) is 12.1 Å². The summed E-state index contributed by atoms with van der Waals surface area (Å²) in [4.78, 5) is 35.1. The van der Waals surface area contributed by atoms with E-state index in [1.165, 1.54) is 12.1 Å². The summed E-state index contributed by atoms with van der Waals surface area (Å²) < 4.78 is 0. The molecule has 1 saturated carbocycles. The number of hydrogen-bond donors (Lipinski definition) is 3. The average Bonchev–Trinajstić information content (AvgIpc) is 2.95. The molecule has 0 aliphatic heterocycles. The van der Waals surface area contributed by atoms with E-state index >= 15 is 0 Å². The van der Waals surface area contributed by atoms with E-state index in [9.17, 15) is 19.5 Å². The maximum absolute atomic E-state index is 11.9. The molecule has 0 heterocycles. The third-order valence-corrected chi connectivity index (χ3v) is 4.19. The van der Waals surface area contributed by atoms with Crippen molar-refractivity contribution in [3.05, 3.63) is 34.9 Å². The Hall–Kier alpha value is -2.08. The third-order valence-electron chi connectivity index (χ3n) is 3.94. The standard InChI is InChI=1S/C15H17ClN2O4/c16-11-5-3-10(4-6-11)13(20)18-17-12(19)9-15(14(21)22)7-1-2-8-15/h3-6H,1-2,7-9H2,(H,17,19)(H,18,20)(H,21,22). The summed E-state index contributed by atoms with van der Waals surface area (Å²) in [5.41, 5.74) is 3.88. The molecule has 0 atom stereocenters. The van der Waals surface area contributed by atoms with Gasteiger partial charge in [-0.1, -0.05) is 24.4 Å².